The molecule has 1 heterocycles. The Balaban J connectivity index is 1.83. The predicted molar refractivity (Wildman–Crippen MR) is 123 cm³/mol. The van der Waals surface area contributed by atoms with E-state index in [4.69, 9.17) is 15.0 Å². The molecular formula is C26H19N3O3. The van der Waals surface area contributed by atoms with Gasteiger partial charge in [-0.3, -0.25) is 14.2 Å². The highest BCUT2D eigenvalue weighted by atomic mass is 16.5. The van der Waals surface area contributed by atoms with Crippen molar-refractivity contribution in [3.8, 4) is 11.8 Å². The minimum atomic E-state index is -0.369. The average molecular weight is 421 g/mol. The van der Waals surface area contributed by atoms with Gasteiger partial charge in [-0.2, -0.15) is 5.26 Å². The summed E-state index contributed by atoms with van der Waals surface area (Å²) in [6.45, 7) is 1.48. The van der Waals surface area contributed by atoms with Gasteiger partial charge in [0, 0.05) is 6.92 Å². The van der Waals surface area contributed by atoms with Crippen LogP contribution in [0.25, 0.3) is 28.7 Å². The van der Waals surface area contributed by atoms with E-state index in [0.717, 1.165) is 11.1 Å². The molecule has 1 aromatic heterocycles. The number of para-hydroxylation sites is 1. The van der Waals surface area contributed by atoms with E-state index in [2.05, 4.69) is 6.07 Å². The number of rotatable bonds is 5. The molecule has 0 fully saturated rings. The molecular weight excluding hydrogens is 402 g/mol. The Bertz CT molecular complexity index is 1430. The first-order chi connectivity index (χ1) is 15.5. The molecule has 4 rings (SSSR count). The van der Waals surface area contributed by atoms with Gasteiger partial charge < -0.3 is 4.74 Å². The minimum Gasteiger partial charge on any atom is -0.461 e. The Hall–Kier alpha value is -4.50. The lowest BCUT2D eigenvalue weighted by Crippen LogP contribution is -2.22. The average Bonchev–Trinajstić information content (AvgIpc) is 2.82. The van der Waals surface area contributed by atoms with Crippen LogP contribution in [-0.4, -0.2) is 15.5 Å². The number of aromatic nitrogens is 2. The van der Waals surface area contributed by atoms with Gasteiger partial charge in [0.25, 0.3) is 5.56 Å². The normalized spacial score (nSPS) is 10.9. The van der Waals surface area contributed by atoms with E-state index >= 15 is 0 Å². The summed E-state index contributed by atoms with van der Waals surface area (Å²) in [5.74, 6) is 0.0914. The molecule has 6 heteroatoms. The summed E-state index contributed by atoms with van der Waals surface area (Å²) in [7, 11) is 0. The summed E-state index contributed by atoms with van der Waals surface area (Å²) in [5, 5.41) is 9.49. The molecule has 0 atom stereocenters. The van der Waals surface area contributed by atoms with Gasteiger partial charge in [0.15, 0.2) is 0 Å². The molecule has 4 aromatic rings. The fourth-order valence-corrected chi connectivity index (χ4v) is 3.32. The van der Waals surface area contributed by atoms with E-state index < -0.39 is 0 Å². The van der Waals surface area contributed by atoms with Crippen molar-refractivity contribution < 1.29 is 9.53 Å². The molecule has 0 aliphatic carbocycles. The molecule has 0 N–H and O–H groups in total. The maximum absolute atomic E-state index is 13.4. The molecule has 0 aliphatic rings. The van der Waals surface area contributed by atoms with E-state index in [1.54, 1.807) is 47.0 Å². The number of carbonyl (C=O) groups is 1. The van der Waals surface area contributed by atoms with Gasteiger partial charge in [0.1, 0.15) is 12.4 Å². The standard InChI is InChI=1S/C26H19N3O3/c1-18(30)32-17-21-5-4-6-22(15-21)29-25(14-13-19-9-11-20(16-27)12-10-19)28-24-8-3-2-7-23(24)26(29)31/h2-15H,17H2,1H3/b14-13+. The number of benzene rings is 3. The fraction of sp³-hybridized carbons (Fsp3) is 0.0769. The highest BCUT2D eigenvalue weighted by Gasteiger charge is 2.12. The molecule has 32 heavy (non-hydrogen) atoms. The molecule has 156 valence electrons. The van der Waals surface area contributed by atoms with Crippen LogP contribution in [0.1, 0.15) is 29.4 Å². The van der Waals surface area contributed by atoms with Crippen molar-refractivity contribution in [2.45, 2.75) is 13.5 Å². The highest BCUT2D eigenvalue weighted by Crippen LogP contribution is 2.17. The summed E-state index contributed by atoms with van der Waals surface area (Å²) in [4.78, 5) is 29.3. The van der Waals surface area contributed by atoms with Gasteiger partial charge in [-0.25, -0.2) is 4.98 Å². The molecule has 0 radical (unpaired) electrons. The molecule has 0 saturated heterocycles. The summed E-state index contributed by atoms with van der Waals surface area (Å²) >= 11 is 0. The van der Waals surface area contributed by atoms with Crippen molar-refractivity contribution >= 4 is 29.0 Å². The first kappa shape index (κ1) is 20.8. The van der Waals surface area contributed by atoms with Crippen LogP contribution in [0.3, 0.4) is 0 Å². The Morgan fingerprint density at radius 2 is 1.84 bits per heavy atom. The minimum absolute atomic E-state index is 0.120. The second-order valence-electron chi connectivity index (χ2n) is 7.15. The zero-order valence-corrected chi connectivity index (χ0v) is 17.4. The summed E-state index contributed by atoms with van der Waals surface area (Å²) in [6, 6.07) is 23.7. The van der Waals surface area contributed by atoms with Gasteiger partial charge in [0.2, 0.25) is 0 Å². The predicted octanol–water partition coefficient (Wildman–Crippen LogP) is 4.49. The van der Waals surface area contributed by atoms with Crippen molar-refractivity contribution in [2.24, 2.45) is 0 Å². The topological polar surface area (TPSA) is 85.0 Å². The lowest BCUT2D eigenvalue weighted by atomic mass is 10.1. The van der Waals surface area contributed by atoms with Crippen LogP contribution >= 0.6 is 0 Å². The van der Waals surface area contributed by atoms with Gasteiger partial charge in [-0.05, 0) is 53.6 Å². The van der Waals surface area contributed by atoms with E-state index in [1.807, 2.05) is 42.5 Å². The first-order valence-electron chi connectivity index (χ1n) is 9.98. The first-order valence-corrected chi connectivity index (χ1v) is 9.98. The third kappa shape index (κ3) is 4.47. The van der Waals surface area contributed by atoms with Gasteiger partial charge >= 0.3 is 5.97 Å². The Labute approximate surface area is 184 Å². The summed E-state index contributed by atoms with van der Waals surface area (Å²) < 4.78 is 6.64. The van der Waals surface area contributed by atoms with Gasteiger partial charge in [-0.1, -0.05) is 42.5 Å². The Kier molecular flexibility index (Phi) is 5.91. The SMILES string of the molecule is CC(=O)OCc1cccc(-n2c(/C=C/c3ccc(C#N)cc3)nc3ccccc3c2=O)c1. The summed E-state index contributed by atoms with van der Waals surface area (Å²) in [5.41, 5.74) is 3.25. The Morgan fingerprint density at radius 3 is 2.59 bits per heavy atom. The molecule has 0 spiro atoms. The molecule has 0 amide bonds. The molecule has 0 saturated carbocycles. The maximum atomic E-state index is 13.4. The van der Waals surface area contributed by atoms with Crippen LogP contribution in [-0.2, 0) is 16.1 Å². The van der Waals surface area contributed by atoms with Crippen molar-refractivity contribution in [1.29, 1.82) is 5.26 Å². The third-order valence-corrected chi connectivity index (χ3v) is 4.88. The van der Waals surface area contributed by atoms with Crippen molar-refractivity contribution in [3.63, 3.8) is 0 Å². The lowest BCUT2D eigenvalue weighted by molar-refractivity contribution is -0.142. The smallest absolute Gasteiger partial charge is 0.302 e. The zero-order chi connectivity index (χ0) is 22.5. The van der Waals surface area contributed by atoms with E-state index in [9.17, 15) is 9.59 Å². The van der Waals surface area contributed by atoms with Crippen LogP contribution < -0.4 is 5.56 Å². The number of hydrogen-bond donors (Lipinski definition) is 0. The quantitative estimate of drug-likeness (QED) is 0.443. The highest BCUT2D eigenvalue weighted by molar-refractivity contribution is 5.80. The van der Waals surface area contributed by atoms with Crippen LogP contribution in [0.4, 0.5) is 0 Å². The number of esters is 1. The lowest BCUT2D eigenvalue weighted by Gasteiger charge is -2.13. The fourth-order valence-electron chi connectivity index (χ4n) is 3.32. The number of nitriles is 1. The number of fused-ring (bicyclic) bond motifs is 1. The maximum Gasteiger partial charge on any atom is 0.302 e. The third-order valence-electron chi connectivity index (χ3n) is 4.88. The number of ether oxygens (including phenoxy) is 1. The monoisotopic (exact) mass is 421 g/mol. The number of hydrogen-bond acceptors (Lipinski definition) is 5. The van der Waals surface area contributed by atoms with Crippen LogP contribution in [0.2, 0.25) is 0 Å². The second kappa shape index (κ2) is 9.11. The molecule has 0 bridgehead atoms. The van der Waals surface area contributed by atoms with Crippen LogP contribution in [0.5, 0.6) is 0 Å². The molecule has 0 aliphatic heterocycles. The largest absolute Gasteiger partial charge is 0.461 e. The summed E-state index contributed by atoms with van der Waals surface area (Å²) in [6.07, 6.45) is 3.62. The van der Waals surface area contributed by atoms with Crippen molar-refractivity contribution in [3.05, 3.63) is 106 Å². The Morgan fingerprint density at radius 1 is 1.06 bits per heavy atom. The van der Waals surface area contributed by atoms with E-state index in [-0.39, 0.29) is 18.1 Å². The second-order valence-corrected chi connectivity index (χ2v) is 7.15. The van der Waals surface area contributed by atoms with Crippen LogP contribution in [0, 0.1) is 11.3 Å². The number of carbonyl (C=O) groups excluding carboxylic acids is 1. The number of nitrogens with zero attached hydrogens (tertiary/aromatic N) is 3. The van der Waals surface area contributed by atoms with Crippen molar-refractivity contribution in [2.75, 3.05) is 0 Å². The molecule has 6 nitrogen and oxygen atoms in total. The van der Waals surface area contributed by atoms with E-state index in [0.29, 0.717) is 28.0 Å². The van der Waals surface area contributed by atoms with Crippen molar-refractivity contribution in [1.82, 2.24) is 9.55 Å². The molecule has 0 unspecified atom stereocenters. The van der Waals surface area contributed by atoms with Gasteiger partial charge in [0.05, 0.1) is 28.2 Å². The molecule has 3 aromatic carbocycles. The zero-order valence-electron chi connectivity index (χ0n) is 17.4. The van der Waals surface area contributed by atoms with E-state index in [1.165, 1.54) is 6.92 Å². The van der Waals surface area contributed by atoms with Gasteiger partial charge in [-0.15, -0.1) is 0 Å². The van der Waals surface area contributed by atoms with Crippen LogP contribution in [0.15, 0.2) is 77.6 Å².